The predicted molar refractivity (Wildman–Crippen MR) is 148 cm³/mol. The Bertz CT molecular complexity index is 1480. The Kier molecular flexibility index (Phi) is 6.70. The van der Waals surface area contributed by atoms with E-state index in [1.807, 2.05) is 78.9 Å². The van der Waals surface area contributed by atoms with E-state index in [0.717, 1.165) is 27.8 Å². The molecule has 0 spiro atoms. The molecule has 3 aromatic rings. The van der Waals surface area contributed by atoms with Crippen molar-refractivity contribution in [1.82, 2.24) is 10.2 Å². The fourth-order valence-electron chi connectivity index (χ4n) is 5.01. The number of hydrogen-bond donors (Lipinski definition) is 1. The van der Waals surface area contributed by atoms with Crippen molar-refractivity contribution in [3.63, 3.8) is 0 Å². The maximum Gasteiger partial charge on any atom is 0.355 e. The second-order valence-electron chi connectivity index (χ2n) is 9.52. The van der Waals surface area contributed by atoms with Crippen LogP contribution in [0.1, 0.15) is 16.7 Å². The molecule has 1 fully saturated rings. The maximum absolute atomic E-state index is 13.4. The second-order valence-corrected chi connectivity index (χ2v) is 10.7. The minimum absolute atomic E-state index is 0.0661. The maximum atomic E-state index is 13.4. The summed E-state index contributed by atoms with van der Waals surface area (Å²) < 4.78 is 10.9. The standard InChI is InChI=1S/C31H26N2O5S/c1-37-22-14-12-20(13-15-22)18-38-31(36)27-24-17-23(21-10-6-3-7-11-21)28(24)39-30-26(29(35)33(27)30)32-25(34)16-19-8-4-2-5-9-19/h2-15,17,26,28,30H,16,18H2,1H3,(H,32,34)/t26-,28-,30-/m1/s1. The molecule has 0 bridgehead atoms. The molecule has 2 amide bonds. The summed E-state index contributed by atoms with van der Waals surface area (Å²) in [5.74, 6) is -0.380. The molecule has 1 N–H and O–H groups in total. The summed E-state index contributed by atoms with van der Waals surface area (Å²) in [6.45, 7) is 0.0661. The predicted octanol–water partition coefficient (Wildman–Crippen LogP) is 4.10. The molecule has 39 heavy (non-hydrogen) atoms. The molecule has 8 heteroatoms. The summed E-state index contributed by atoms with van der Waals surface area (Å²) in [6, 6.07) is 25.9. The van der Waals surface area contributed by atoms with E-state index in [1.54, 1.807) is 31.0 Å². The van der Waals surface area contributed by atoms with Crippen molar-refractivity contribution in [3.05, 3.63) is 119 Å². The van der Waals surface area contributed by atoms with E-state index >= 15 is 0 Å². The number of fused-ring (bicyclic) bond motifs is 2. The smallest absolute Gasteiger partial charge is 0.355 e. The van der Waals surface area contributed by atoms with Gasteiger partial charge in [-0.25, -0.2) is 4.79 Å². The van der Waals surface area contributed by atoms with Crippen molar-refractivity contribution in [1.29, 1.82) is 0 Å². The number of methoxy groups -OCH3 is 1. The summed E-state index contributed by atoms with van der Waals surface area (Å²) in [7, 11) is 1.59. The van der Waals surface area contributed by atoms with Crippen molar-refractivity contribution in [2.75, 3.05) is 7.11 Å². The molecule has 3 aliphatic rings. The number of nitrogens with zero attached hydrogens (tertiary/aromatic N) is 1. The Labute approximate surface area is 230 Å². The lowest BCUT2D eigenvalue weighted by Crippen LogP contribution is -2.71. The first-order valence-electron chi connectivity index (χ1n) is 12.7. The molecule has 1 saturated heterocycles. The van der Waals surface area contributed by atoms with Gasteiger partial charge in [0.25, 0.3) is 5.91 Å². The number of ether oxygens (including phenoxy) is 2. The molecular formula is C31H26N2O5S. The molecular weight excluding hydrogens is 512 g/mol. The van der Waals surface area contributed by atoms with Crippen LogP contribution in [0.2, 0.25) is 0 Å². The number of carbonyl (C=O) groups is 3. The van der Waals surface area contributed by atoms with E-state index in [4.69, 9.17) is 9.47 Å². The molecule has 2 aliphatic heterocycles. The molecule has 6 rings (SSSR count). The van der Waals surface area contributed by atoms with Crippen molar-refractivity contribution < 1.29 is 23.9 Å². The zero-order valence-electron chi connectivity index (χ0n) is 21.2. The highest BCUT2D eigenvalue weighted by Gasteiger charge is 2.58. The van der Waals surface area contributed by atoms with Crippen LogP contribution in [-0.2, 0) is 32.1 Å². The Hall–Kier alpha value is -4.30. The van der Waals surface area contributed by atoms with Crippen molar-refractivity contribution in [3.8, 4) is 5.75 Å². The highest BCUT2D eigenvalue weighted by atomic mass is 32.2. The number of amides is 2. The van der Waals surface area contributed by atoms with Gasteiger partial charge in [0.05, 0.1) is 18.8 Å². The quantitative estimate of drug-likeness (QED) is 0.344. The van der Waals surface area contributed by atoms with Crippen LogP contribution in [0.3, 0.4) is 0 Å². The number of allylic oxidation sites excluding steroid dienone is 1. The number of nitrogens with one attached hydrogen (secondary N) is 1. The third-order valence-electron chi connectivity index (χ3n) is 7.06. The lowest BCUT2D eigenvalue weighted by atomic mass is 9.84. The normalized spacial score (nSPS) is 21.1. The third-order valence-corrected chi connectivity index (χ3v) is 8.60. The molecule has 0 unspecified atom stereocenters. The summed E-state index contributed by atoms with van der Waals surface area (Å²) in [4.78, 5) is 41.0. The first kappa shape index (κ1) is 25.0. The number of benzene rings is 3. The van der Waals surface area contributed by atoms with Gasteiger partial charge in [0.2, 0.25) is 5.91 Å². The number of β-lactam (4-membered cyclic amide) rings is 1. The number of thioether (sulfide) groups is 1. The SMILES string of the molecule is COc1ccc(COC(=O)C2=C3C=C(c4ccccc4)[C@H]3S[C@@H]3[C@H](NC(=O)Cc4ccccc4)C(=O)N23)cc1. The third kappa shape index (κ3) is 4.72. The Morgan fingerprint density at radius 3 is 2.31 bits per heavy atom. The Balaban J connectivity index is 1.23. The molecule has 3 atom stereocenters. The van der Waals surface area contributed by atoms with Gasteiger partial charge in [0.15, 0.2) is 0 Å². The molecule has 3 aromatic carbocycles. The zero-order valence-corrected chi connectivity index (χ0v) is 22.0. The van der Waals surface area contributed by atoms with Gasteiger partial charge < -0.3 is 14.8 Å². The summed E-state index contributed by atoms with van der Waals surface area (Å²) in [5.41, 5.74) is 4.86. The van der Waals surface area contributed by atoms with Crippen molar-refractivity contribution in [2.45, 2.75) is 29.7 Å². The van der Waals surface area contributed by atoms with Gasteiger partial charge in [0.1, 0.15) is 29.5 Å². The number of esters is 1. The van der Waals surface area contributed by atoms with Crippen LogP contribution in [0.15, 0.2) is 102 Å². The van der Waals surface area contributed by atoms with Gasteiger partial charge in [-0.15, -0.1) is 11.8 Å². The first-order valence-corrected chi connectivity index (χ1v) is 13.6. The fraction of sp³-hybridized carbons (Fsp3) is 0.194. The number of rotatable bonds is 8. The van der Waals surface area contributed by atoms with Gasteiger partial charge in [-0.05, 0) is 40.5 Å². The van der Waals surface area contributed by atoms with Crippen LogP contribution >= 0.6 is 11.8 Å². The molecule has 2 heterocycles. The van der Waals surface area contributed by atoms with Crippen LogP contribution in [0.4, 0.5) is 0 Å². The van der Waals surface area contributed by atoms with Crippen LogP contribution < -0.4 is 10.1 Å². The summed E-state index contributed by atoms with van der Waals surface area (Å²) in [6.07, 6.45) is 2.14. The van der Waals surface area contributed by atoms with E-state index in [1.165, 1.54) is 4.90 Å². The van der Waals surface area contributed by atoms with Gasteiger partial charge >= 0.3 is 5.97 Å². The minimum atomic E-state index is -0.713. The first-order chi connectivity index (χ1) is 19.0. The summed E-state index contributed by atoms with van der Waals surface area (Å²) in [5, 5.41) is 2.40. The van der Waals surface area contributed by atoms with Gasteiger partial charge in [-0.1, -0.05) is 72.8 Å². The Morgan fingerprint density at radius 1 is 0.923 bits per heavy atom. The van der Waals surface area contributed by atoms with Gasteiger partial charge in [0, 0.05) is 5.57 Å². The lowest BCUT2D eigenvalue weighted by Gasteiger charge is -2.53. The summed E-state index contributed by atoms with van der Waals surface area (Å²) >= 11 is 1.58. The largest absolute Gasteiger partial charge is 0.497 e. The van der Waals surface area contributed by atoms with Gasteiger partial charge in [-0.3, -0.25) is 14.5 Å². The average Bonchev–Trinajstić information content (AvgIpc) is 2.96. The highest BCUT2D eigenvalue weighted by Crippen LogP contribution is 2.54. The molecule has 0 saturated carbocycles. The number of hydrogen-bond acceptors (Lipinski definition) is 6. The highest BCUT2D eigenvalue weighted by molar-refractivity contribution is 8.01. The van der Waals surface area contributed by atoms with Crippen LogP contribution in [-0.4, -0.2) is 46.5 Å². The zero-order chi connectivity index (χ0) is 26.9. The van der Waals surface area contributed by atoms with Crippen molar-refractivity contribution in [2.24, 2.45) is 0 Å². The lowest BCUT2D eigenvalue weighted by molar-refractivity contribution is -0.153. The topological polar surface area (TPSA) is 84.9 Å². The van der Waals surface area contributed by atoms with E-state index in [9.17, 15) is 14.4 Å². The molecule has 0 radical (unpaired) electrons. The van der Waals surface area contributed by atoms with E-state index in [0.29, 0.717) is 5.75 Å². The van der Waals surface area contributed by atoms with Crippen LogP contribution in [0.5, 0.6) is 5.75 Å². The molecule has 7 nitrogen and oxygen atoms in total. The van der Waals surface area contributed by atoms with Crippen LogP contribution in [0, 0.1) is 0 Å². The van der Waals surface area contributed by atoms with Crippen LogP contribution in [0.25, 0.3) is 5.57 Å². The van der Waals surface area contributed by atoms with Gasteiger partial charge in [-0.2, -0.15) is 0 Å². The fourth-order valence-corrected chi connectivity index (χ4v) is 6.64. The minimum Gasteiger partial charge on any atom is -0.497 e. The average molecular weight is 539 g/mol. The Morgan fingerprint density at radius 2 is 1.62 bits per heavy atom. The van der Waals surface area contributed by atoms with E-state index in [2.05, 4.69) is 5.32 Å². The van der Waals surface area contributed by atoms with Crippen molar-refractivity contribution >= 4 is 35.1 Å². The second kappa shape index (κ2) is 10.5. The molecule has 1 aliphatic carbocycles. The monoisotopic (exact) mass is 538 g/mol. The van der Waals surface area contributed by atoms with E-state index in [-0.39, 0.29) is 35.8 Å². The molecule has 196 valence electrons. The molecule has 0 aromatic heterocycles. The number of carbonyl (C=O) groups excluding carboxylic acids is 3. The van der Waals surface area contributed by atoms with E-state index < -0.39 is 17.4 Å².